The molecule has 0 fully saturated rings. The van der Waals surface area contributed by atoms with Gasteiger partial charge in [-0.3, -0.25) is 0 Å². The molecule has 0 aliphatic rings. The zero-order chi connectivity index (χ0) is 10.8. The minimum absolute atomic E-state index is 0.0173. The first kappa shape index (κ1) is 10.3. The fraction of sp³-hybridized carbons (Fsp3) is 0. The van der Waals surface area contributed by atoms with E-state index in [1.807, 2.05) is 0 Å². The summed E-state index contributed by atoms with van der Waals surface area (Å²) in [5, 5.41) is 0.0173. The van der Waals surface area contributed by atoms with E-state index in [4.69, 9.17) is 16.3 Å². The lowest BCUT2D eigenvalue weighted by atomic mass is 10.3. The van der Waals surface area contributed by atoms with Crippen LogP contribution in [-0.2, 0) is 0 Å². The highest BCUT2D eigenvalue weighted by Gasteiger charge is 2.13. The van der Waals surface area contributed by atoms with Gasteiger partial charge in [0.25, 0.3) is 5.88 Å². The van der Waals surface area contributed by atoms with Gasteiger partial charge in [-0.15, -0.1) is 4.37 Å². The van der Waals surface area contributed by atoms with Crippen LogP contribution < -0.4 is 4.74 Å². The van der Waals surface area contributed by atoms with Crippen LogP contribution in [0.1, 0.15) is 0 Å². The molecule has 0 N–H and O–H groups in total. The van der Waals surface area contributed by atoms with Gasteiger partial charge in [0.05, 0.1) is 11.7 Å². The SMILES string of the molecule is Fc1cccc(Oc2nsnc2Cl)c1F. The smallest absolute Gasteiger partial charge is 0.271 e. The molecule has 7 heteroatoms. The van der Waals surface area contributed by atoms with E-state index in [1.54, 1.807) is 0 Å². The monoisotopic (exact) mass is 248 g/mol. The van der Waals surface area contributed by atoms with E-state index in [1.165, 1.54) is 12.1 Å². The summed E-state index contributed by atoms with van der Waals surface area (Å²) in [7, 11) is 0. The summed E-state index contributed by atoms with van der Waals surface area (Å²) < 4.78 is 38.2. The Morgan fingerprint density at radius 2 is 2.07 bits per heavy atom. The number of benzene rings is 1. The van der Waals surface area contributed by atoms with Crippen LogP contribution in [0.15, 0.2) is 18.2 Å². The second kappa shape index (κ2) is 4.08. The summed E-state index contributed by atoms with van der Waals surface area (Å²) in [6, 6.07) is 3.58. The fourth-order valence-corrected chi connectivity index (χ4v) is 1.51. The molecular formula is C8H3ClF2N2OS. The number of hydrogen-bond donors (Lipinski definition) is 0. The third-order valence-corrected chi connectivity index (χ3v) is 2.40. The lowest BCUT2D eigenvalue weighted by molar-refractivity contribution is 0.408. The van der Waals surface area contributed by atoms with Gasteiger partial charge >= 0.3 is 0 Å². The Kier molecular flexibility index (Phi) is 2.79. The van der Waals surface area contributed by atoms with E-state index in [9.17, 15) is 8.78 Å². The summed E-state index contributed by atoms with van der Waals surface area (Å²) in [5.41, 5.74) is 0. The van der Waals surface area contributed by atoms with Crippen molar-refractivity contribution < 1.29 is 13.5 Å². The topological polar surface area (TPSA) is 35.0 Å². The van der Waals surface area contributed by atoms with E-state index in [-0.39, 0.29) is 16.8 Å². The zero-order valence-electron chi connectivity index (χ0n) is 7.08. The third-order valence-electron chi connectivity index (χ3n) is 1.54. The molecule has 0 aliphatic carbocycles. The molecule has 0 spiro atoms. The summed E-state index contributed by atoms with van der Waals surface area (Å²) in [4.78, 5) is 0. The molecule has 0 unspecified atom stereocenters. The van der Waals surface area contributed by atoms with Crippen molar-refractivity contribution in [1.82, 2.24) is 8.75 Å². The molecule has 15 heavy (non-hydrogen) atoms. The van der Waals surface area contributed by atoms with Gasteiger partial charge in [-0.2, -0.15) is 8.76 Å². The van der Waals surface area contributed by atoms with Crippen LogP contribution in [-0.4, -0.2) is 8.75 Å². The van der Waals surface area contributed by atoms with Crippen molar-refractivity contribution in [2.45, 2.75) is 0 Å². The van der Waals surface area contributed by atoms with Crippen molar-refractivity contribution in [1.29, 1.82) is 0 Å². The Bertz CT molecular complexity index is 491. The molecule has 0 amide bonds. The largest absolute Gasteiger partial charge is 0.432 e. The van der Waals surface area contributed by atoms with Gasteiger partial charge in [0, 0.05) is 0 Å². The highest BCUT2D eigenvalue weighted by atomic mass is 35.5. The summed E-state index contributed by atoms with van der Waals surface area (Å²) in [6.07, 6.45) is 0. The minimum Gasteiger partial charge on any atom is -0.432 e. The van der Waals surface area contributed by atoms with Gasteiger partial charge in [0.2, 0.25) is 11.0 Å². The van der Waals surface area contributed by atoms with E-state index < -0.39 is 11.6 Å². The summed E-state index contributed by atoms with van der Waals surface area (Å²) >= 11 is 6.40. The second-order valence-corrected chi connectivity index (χ2v) is 3.40. The first-order chi connectivity index (χ1) is 7.18. The predicted octanol–water partition coefficient (Wildman–Crippen LogP) is 3.26. The summed E-state index contributed by atoms with van der Waals surface area (Å²) in [5.74, 6) is -2.39. The molecule has 1 aromatic heterocycles. The Balaban J connectivity index is 2.33. The molecule has 3 nitrogen and oxygen atoms in total. The minimum atomic E-state index is -1.08. The Labute approximate surface area is 92.6 Å². The summed E-state index contributed by atoms with van der Waals surface area (Å²) in [6.45, 7) is 0. The van der Waals surface area contributed by atoms with Crippen molar-refractivity contribution in [3.63, 3.8) is 0 Å². The number of aromatic nitrogens is 2. The first-order valence-corrected chi connectivity index (χ1v) is 4.89. The van der Waals surface area contributed by atoms with Crippen molar-refractivity contribution in [3.8, 4) is 11.6 Å². The molecule has 2 rings (SSSR count). The third kappa shape index (κ3) is 2.05. The molecule has 2 aromatic rings. The quantitative estimate of drug-likeness (QED) is 0.818. The number of ether oxygens (including phenoxy) is 1. The molecule has 0 bridgehead atoms. The maximum Gasteiger partial charge on any atom is 0.271 e. The predicted molar refractivity (Wildman–Crippen MR) is 51.4 cm³/mol. The van der Waals surface area contributed by atoms with E-state index in [0.717, 1.165) is 17.8 Å². The maximum absolute atomic E-state index is 13.1. The molecule has 78 valence electrons. The number of rotatable bonds is 2. The average molecular weight is 249 g/mol. The standard InChI is InChI=1S/C8H3ClF2N2OS/c9-7-8(13-15-12-7)14-5-3-1-2-4(10)6(5)11/h1-3H. The Morgan fingerprint density at radius 1 is 1.27 bits per heavy atom. The molecule has 1 heterocycles. The molecule has 0 saturated carbocycles. The van der Waals surface area contributed by atoms with E-state index >= 15 is 0 Å². The van der Waals surface area contributed by atoms with Crippen molar-refractivity contribution in [3.05, 3.63) is 35.0 Å². The fourth-order valence-electron chi connectivity index (χ4n) is 0.898. The van der Waals surface area contributed by atoms with Gasteiger partial charge < -0.3 is 4.74 Å². The van der Waals surface area contributed by atoms with Crippen LogP contribution in [0.5, 0.6) is 11.6 Å². The van der Waals surface area contributed by atoms with Gasteiger partial charge in [0.1, 0.15) is 0 Å². The maximum atomic E-state index is 13.1. The van der Waals surface area contributed by atoms with Gasteiger partial charge in [0.15, 0.2) is 11.6 Å². The Morgan fingerprint density at radius 3 is 2.73 bits per heavy atom. The van der Waals surface area contributed by atoms with Gasteiger partial charge in [-0.05, 0) is 12.1 Å². The molecule has 0 saturated heterocycles. The molecular weight excluding hydrogens is 246 g/mol. The lowest BCUT2D eigenvalue weighted by Crippen LogP contribution is -1.91. The normalized spacial score (nSPS) is 10.3. The highest BCUT2D eigenvalue weighted by Crippen LogP contribution is 2.29. The van der Waals surface area contributed by atoms with Crippen molar-refractivity contribution >= 4 is 23.3 Å². The average Bonchev–Trinajstić information content (AvgIpc) is 2.60. The molecule has 0 radical (unpaired) electrons. The molecule has 0 atom stereocenters. The zero-order valence-corrected chi connectivity index (χ0v) is 8.65. The lowest BCUT2D eigenvalue weighted by Gasteiger charge is -2.03. The van der Waals surface area contributed by atoms with Crippen LogP contribution in [0.25, 0.3) is 0 Å². The van der Waals surface area contributed by atoms with E-state index in [0.29, 0.717) is 0 Å². The van der Waals surface area contributed by atoms with Crippen LogP contribution in [0.3, 0.4) is 0 Å². The van der Waals surface area contributed by atoms with E-state index in [2.05, 4.69) is 8.75 Å². The number of halogens is 3. The van der Waals surface area contributed by atoms with Gasteiger partial charge in [-0.25, -0.2) is 4.39 Å². The van der Waals surface area contributed by atoms with Crippen LogP contribution in [0.4, 0.5) is 8.78 Å². The van der Waals surface area contributed by atoms with Crippen molar-refractivity contribution in [2.75, 3.05) is 0 Å². The van der Waals surface area contributed by atoms with Crippen molar-refractivity contribution in [2.24, 2.45) is 0 Å². The van der Waals surface area contributed by atoms with Crippen LogP contribution >= 0.6 is 23.3 Å². The number of nitrogens with zero attached hydrogens (tertiary/aromatic N) is 2. The molecule has 1 aromatic carbocycles. The van der Waals surface area contributed by atoms with Crippen LogP contribution in [0, 0.1) is 11.6 Å². The highest BCUT2D eigenvalue weighted by molar-refractivity contribution is 6.99. The van der Waals surface area contributed by atoms with Gasteiger partial charge in [-0.1, -0.05) is 17.7 Å². The molecule has 0 aliphatic heterocycles. The first-order valence-electron chi connectivity index (χ1n) is 3.78. The second-order valence-electron chi connectivity index (χ2n) is 2.51. The van der Waals surface area contributed by atoms with Crippen LogP contribution in [0.2, 0.25) is 5.15 Å². The number of hydrogen-bond acceptors (Lipinski definition) is 4. The Hall–Kier alpha value is -1.27.